The molecule has 0 saturated carbocycles. The van der Waals surface area contributed by atoms with Crippen molar-refractivity contribution in [3.8, 4) is 11.4 Å². The van der Waals surface area contributed by atoms with Crippen LogP contribution >= 0.6 is 0 Å². The lowest BCUT2D eigenvalue weighted by Crippen LogP contribution is -2.27. The van der Waals surface area contributed by atoms with E-state index >= 15 is 0 Å². The summed E-state index contributed by atoms with van der Waals surface area (Å²) >= 11 is 0. The minimum absolute atomic E-state index is 0.265. The molecule has 1 aliphatic heterocycles. The molecule has 0 amide bonds. The van der Waals surface area contributed by atoms with Crippen molar-refractivity contribution in [2.24, 2.45) is 0 Å². The smallest absolute Gasteiger partial charge is 0.147 e. The fourth-order valence-electron chi connectivity index (χ4n) is 2.73. The average Bonchev–Trinajstić information content (AvgIpc) is 2.98. The Morgan fingerprint density at radius 3 is 2.90 bits per heavy atom. The molecule has 1 aliphatic rings. The van der Waals surface area contributed by atoms with Gasteiger partial charge in [-0.2, -0.15) is 0 Å². The van der Waals surface area contributed by atoms with E-state index in [9.17, 15) is 4.39 Å². The van der Waals surface area contributed by atoms with Gasteiger partial charge in [-0.3, -0.25) is 4.57 Å². The molecule has 1 N–H and O–H groups in total. The van der Waals surface area contributed by atoms with Gasteiger partial charge < -0.3 is 10.1 Å². The van der Waals surface area contributed by atoms with Crippen LogP contribution < -0.4 is 10.1 Å². The van der Waals surface area contributed by atoms with Crippen molar-refractivity contribution in [2.45, 2.75) is 18.8 Å². The molecule has 20 heavy (non-hydrogen) atoms. The van der Waals surface area contributed by atoms with Gasteiger partial charge in [0.2, 0.25) is 0 Å². The number of rotatable bonds is 3. The van der Waals surface area contributed by atoms with Gasteiger partial charge in [-0.05, 0) is 38.1 Å². The van der Waals surface area contributed by atoms with E-state index in [4.69, 9.17) is 4.74 Å². The van der Waals surface area contributed by atoms with Gasteiger partial charge in [-0.1, -0.05) is 0 Å². The van der Waals surface area contributed by atoms with Gasteiger partial charge in [-0.15, -0.1) is 0 Å². The molecule has 0 spiro atoms. The first kappa shape index (κ1) is 13.1. The van der Waals surface area contributed by atoms with Crippen molar-refractivity contribution in [1.29, 1.82) is 0 Å². The Bertz CT molecular complexity index is 591. The van der Waals surface area contributed by atoms with E-state index in [0.29, 0.717) is 17.4 Å². The Hall–Kier alpha value is -1.88. The maximum absolute atomic E-state index is 14.1. The molecule has 4 nitrogen and oxygen atoms in total. The molecule has 1 aromatic heterocycles. The van der Waals surface area contributed by atoms with Crippen molar-refractivity contribution in [1.82, 2.24) is 14.9 Å². The first-order chi connectivity index (χ1) is 9.79. The number of hydrogen-bond donors (Lipinski definition) is 1. The quantitative estimate of drug-likeness (QED) is 0.935. The molecular weight excluding hydrogens is 257 g/mol. The summed E-state index contributed by atoms with van der Waals surface area (Å²) in [4.78, 5) is 4.21. The number of benzene rings is 1. The van der Waals surface area contributed by atoms with Gasteiger partial charge in [0.15, 0.2) is 0 Å². The van der Waals surface area contributed by atoms with Gasteiger partial charge >= 0.3 is 0 Å². The Morgan fingerprint density at radius 1 is 1.35 bits per heavy atom. The second-order valence-electron chi connectivity index (χ2n) is 5.03. The number of nitrogens with zero attached hydrogens (tertiary/aromatic N) is 2. The number of aromatic nitrogens is 2. The summed E-state index contributed by atoms with van der Waals surface area (Å²) in [6.45, 7) is 1.99. The maximum atomic E-state index is 14.1. The molecular formula is C15H18FN3O. The molecule has 0 bridgehead atoms. The summed E-state index contributed by atoms with van der Waals surface area (Å²) in [6.07, 6.45) is 5.62. The monoisotopic (exact) mass is 275 g/mol. The number of hydrogen-bond acceptors (Lipinski definition) is 3. The van der Waals surface area contributed by atoms with E-state index in [-0.39, 0.29) is 5.82 Å². The first-order valence-corrected chi connectivity index (χ1v) is 6.86. The number of nitrogens with one attached hydrogen (secondary N) is 1. The zero-order chi connectivity index (χ0) is 13.9. The van der Waals surface area contributed by atoms with Gasteiger partial charge in [0, 0.05) is 23.9 Å². The van der Waals surface area contributed by atoms with E-state index in [2.05, 4.69) is 10.3 Å². The summed E-state index contributed by atoms with van der Waals surface area (Å²) in [6, 6.07) is 4.77. The van der Waals surface area contributed by atoms with Crippen LogP contribution in [0.3, 0.4) is 0 Å². The van der Waals surface area contributed by atoms with E-state index in [1.165, 1.54) is 6.07 Å². The minimum Gasteiger partial charge on any atom is -0.497 e. The van der Waals surface area contributed by atoms with Crippen LogP contribution in [0.1, 0.15) is 24.5 Å². The van der Waals surface area contributed by atoms with Crippen molar-refractivity contribution < 1.29 is 9.13 Å². The minimum atomic E-state index is -0.265. The highest BCUT2D eigenvalue weighted by atomic mass is 19.1. The first-order valence-electron chi connectivity index (χ1n) is 6.86. The number of methoxy groups -OCH3 is 1. The number of piperidine rings is 1. The van der Waals surface area contributed by atoms with Gasteiger partial charge in [-0.25, -0.2) is 9.37 Å². The zero-order valence-electron chi connectivity index (χ0n) is 11.5. The number of ether oxygens (including phenoxy) is 1. The second kappa shape index (κ2) is 5.63. The van der Waals surface area contributed by atoms with Crippen LogP contribution in [0.5, 0.6) is 5.75 Å². The van der Waals surface area contributed by atoms with Gasteiger partial charge in [0.1, 0.15) is 11.6 Å². The highest BCUT2D eigenvalue weighted by Gasteiger charge is 2.20. The molecule has 2 aromatic rings. The predicted molar refractivity (Wildman–Crippen MR) is 74.9 cm³/mol. The van der Waals surface area contributed by atoms with Crippen LogP contribution in [-0.4, -0.2) is 29.8 Å². The molecule has 1 saturated heterocycles. The van der Waals surface area contributed by atoms with E-state index in [1.807, 2.05) is 10.8 Å². The fourth-order valence-corrected chi connectivity index (χ4v) is 2.73. The molecule has 0 radical (unpaired) electrons. The van der Waals surface area contributed by atoms with Gasteiger partial charge in [0.05, 0.1) is 19.1 Å². The number of halogens is 1. The Morgan fingerprint density at radius 2 is 2.15 bits per heavy atom. The topological polar surface area (TPSA) is 39.1 Å². The molecule has 1 aromatic carbocycles. The fraction of sp³-hybridized carbons (Fsp3) is 0.400. The van der Waals surface area contributed by atoms with Crippen molar-refractivity contribution >= 4 is 0 Å². The highest BCUT2D eigenvalue weighted by molar-refractivity contribution is 5.42. The van der Waals surface area contributed by atoms with Crippen LogP contribution in [0, 0.1) is 5.82 Å². The standard InChI is InChI=1S/C15H18FN3O/c1-20-12-2-3-13(16)14(8-12)19-10-18-9-15(19)11-4-6-17-7-5-11/h2-3,8-11,17H,4-7H2,1H3. The largest absolute Gasteiger partial charge is 0.497 e. The predicted octanol–water partition coefficient (Wildman–Crippen LogP) is 2.49. The van der Waals surface area contributed by atoms with Crippen molar-refractivity contribution in [3.63, 3.8) is 0 Å². The molecule has 2 heterocycles. The van der Waals surface area contributed by atoms with Gasteiger partial charge in [0.25, 0.3) is 0 Å². The zero-order valence-corrected chi connectivity index (χ0v) is 11.5. The van der Waals surface area contributed by atoms with E-state index in [0.717, 1.165) is 31.6 Å². The lowest BCUT2D eigenvalue weighted by atomic mass is 9.95. The Labute approximate surface area is 117 Å². The molecule has 106 valence electrons. The lowest BCUT2D eigenvalue weighted by molar-refractivity contribution is 0.413. The molecule has 0 unspecified atom stereocenters. The van der Waals surface area contributed by atoms with Crippen molar-refractivity contribution in [3.05, 3.63) is 42.2 Å². The van der Waals surface area contributed by atoms with Crippen LogP contribution in [-0.2, 0) is 0 Å². The molecule has 0 atom stereocenters. The Kier molecular flexibility index (Phi) is 3.69. The molecule has 1 fully saturated rings. The highest BCUT2D eigenvalue weighted by Crippen LogP contribution is 2.29. The third-order valence-corrected chi connectivity index (χ3v) is 3.84. The molecule has 5 heteroatoms. The van der Waals surface area contributed by atoms with Crippen LogP contribution in [0.4, 0.5) is 4.39 Å². The van der Waals surface area contributed by atoms with Crippen LogP contribution in [0.25, 0.3) is 5.69 Å². The third-order valence-electron chi connectivity index (χ3n) is 3.84. The van der Waals surface area contributed by atoms with E-state index in [1.54, 1.807) is 25.6 Å². The normalized spacial score (nSPS) is 16.3. The number of imidazole rings is 1. The van der Waals surface area contributed by atoms with E-state index < -0.39 is 0 Å². The SMILES string of the molecule is COc1ccc(F)c(-n2cncc2C2CCNCC2)c1. The molecule has 3 rings (SSSR count). The molecule has 0 aliphatic carbocycles. The maximum Gasteiger partial charge on any atom is 0.147 e. The summed E-state index contributed by atoms with van der Waals surface area (Å²) < 4.78 is 21.1. The summed E-state index contributed by atoms with van der Waals surface area (Å²) in [5.74, 6) is 0.801. The summed E-state index contributed by atoms with van der Waals surface area (Å²) in [5.41, 5.74) is 1.56. The Balaban J connectivity index is 2.00. The average molecular weight is 275 g/mol. The second-order valence-corrected chi connectivity index (χ2v) is 5.03. The third kappa shape index (κ3) is 2.41. The summed E-state index contributed by atoms with van der Waals surface area (Å²) in [7, 11) is 1.58. The van der Waals surface area contributed by atoms with Crippen molar-refractivity contribution in [2.75, 3.05) is 20.2 Å². The van der Waals surface area contributed by atoms with Crippen LogP contribution in [0.2, 0.25) is 0 Å². The van der Waals surface area contributed by atoms with Crippen LogP contribution in [0.15, 0.2) is 30.7 Å². The summed E-state index contributed by atoms with van der Waals surface area (Å²) in [5, 5.41) is 3.34. The lowest BCUT2D eigenvalue weighted by Gasteiger charge is -2.23.